The van der Waals surface area contributed by atoms with Gasteiger partial charge in [0.05, 0.1) is 12.5 Å². The molecule has 106 valence electrons. The molecule has 0 saturated carbocycles. The van der Waals surface area contributed by atoms with Crippen LogP contribution in [0.2, 0.25) is 0 Å². The molecule has 3 rings (SSSR count). The van der Waals surface area contributed by atoms with Gasteiger partial charge in [-0.2, -0.15) is 0 Å². The molecule has 2 aliphatic carbocycles. The van der Waals surface area contributed by atoms with Crippen molar-refractivity contribution >= 4 is 11.6 Å². The minimum absolute atomic E-state index is 0.00365. The van der Waals surface area contributed by atoms with Gasteiger partial charge in [-0.25, -0.2) is 0 Å². The first-order valence-corrected chi connectivity index (χ1v) is 7.08. The number of nitrogens with zero attached hydrogens (tertiary/aromatic N) is 1. The highest BCUT2D eigenvalue weighted by molar-refractivity contribution is 6.16. The largest absolute Gasteiger partial charge is 0.475 e. The Morgan fingerprint density at radius 1 is 1.45 bits per heavy atom. The Balaban J connectivity index is 1.88. The number of hydrogen-bond donors (Lipinski definition) is 0. The number of aromatic nitrogens is 1. The molecule has 5 nitrogen and oxygen atoms in total. The van der Waals surface area contributed by atoms with E-state index in [0.29, 0.717) is 24.4 Å². The van der Waals surface area contributed by atoms with Crippen LogP contribution >= 0.6 is 0 Å². The molecule has 0 spiro atoms. The van der Waals surface area contributed by atoms with E-state index < -0.39 is 5.92 Å². The molecule has 2 atom stereocenters. The van der Waals surface area contributed by atoms with E-state index >= 15 is 0 Å². The number of carbonyl (C=O) groups is 2. The van der Waals surface area contributed by atoms with Crippen molar-refractivity contribution in [2.45, 2.75) is 32.6 Å². The lowest BCUT2D eigenvalue weighted by atomic mass is 9.71. The molecule has 1 aromatic rings. The first kappa shape index (κ1) is 13.1. The van der Waals surface area contributed by atoms with Crippen LogP contribution in [0.5, 0.6) is 5.88 Å². The molecule has 0 aromatic carbocycles. The fourth-order valence-electron chi connectivity index (χ4n) is 2.87. The Hall–Kier alpha value is -1.91. The zero-order valence-electron chi connectivity index (χ0n) is 11.4. The Labute approximate surface area is 117 Å². The average molecular weight is 275 g/mol. The van der Waals surface area contributed by atoms with E-state index in [1.54, 1.807) is 0 Å². The highest BCUT2D eigenvalue weighted by Gasteiger charge is 2.44. The smallest absolute Gasteiger partial charge is 0.265 e. The fraction of sp³-hybridized carbons (Fsp3) is 0.533. The van der Waals surface area contributed by atoms with Crippen LogP contribution < -0.4 is 4.74 Å². The minimum Gasteiger partial charge on any atom is -0.475 e. The molecule has 2 aliphatic rings. The van der Waals surface area contributed by atoms with Gasteiger partial charge in [0, 0.05) is 6.42 Å². The van der Waals surface area contributed by atoms with Crippen molar-refractivity contribution in [2.75, 3.05) is 6.61 Å². The van der Waals surface area contributed by atoms with Crippen LogP contribution in [0, 0.1) is 11.8 Å². The molecule has 0 aliphatic heterocycles. The Morgan fingerprint density at radius 3 is 3.10 bits per heavy atom. The van der Waals surface area contributed by atoms with E-state index in [-0.39, 0.29) is 23.4 Å². The van der Waals surface area contributed by atoms with Crippen molar-refractivity contribution < 1.29 is 18.8 Å². The first-order valence-electron chi connectivity index (χ1n) is 7.08. The van der Waals surface area contributed by atoms with Gasteiger partial charge in [0.2, 0.25) is 0 Å². The third kappa shape index (κ3) is 2.07. The number of carbonyl (C=O) groups excluding carboxylic acids is 2. The first-order chi connectivity index (χ1) is 9.72. The monoisotopic (exact) mass is 275 g/mol. The van der Waals surface area contributed by atoms with Gasteiger partial charge >= 0.3 is 0 Å². The topological polar surface area (TPSA) is 69.4 Å². The number of hydrogen-bond acceptors (Lipinski definition) is 5. The number of allylic oxidation sites excluding steroid dienone is 2. The normalized spacial score (nSPS) is 24.4. The number of unbranched alkanes of at least 4 members (excludes halogenated alkanes) is 1. The van der Waals surface area contributed by atoms with Crippen LogP contribution in [0.15, 0.2) is 16.7 Å². The zero-order chi connectivity index (χ0) is 14.1. The van der Waals surface area contributed by atoms with E-state index in [2.05, 4.69) is 12.1 Å². The lowest BCUT2D eigenvalue weighted by molar-refractivity contribution is -0.118. The van der Waals surface area contributed by atoms with Crippen molar-refractivity contribution in [2.24, 2.45) is 11.8 Å². The lowest BCUT2D eigenvalue weighted by Gasteiger charge is -2.28. The van der Waals surface area contributed by atoms with Gasteiger partial charge in [0.15, 0.2) is 17.3 Å². The van der Waals surface area contributed by atoms with Crippen molar-refractivity contribution in [3.63, 3.8) is 0 Å². The number of fused-ring (bicyclic) bond motifs is 2. The number of Topliss-reactive ketones (excluding diaryl/α,β-unsaturated/α-hetero) is 1. The molecule has 1 heterocycles. The molecular formula is C15H17NO4. The summed E-state index contributed by atoms with van der Waals surface area (Å²) < 4.78 is 10.8. The van der Waals surface area contributed by atoms with Crippen LogP contribution in [0.3, 0.4) is 0 Å². The Bertz CT molecular complexity index is 572. The quantitative estimate of drug-likeness (QED) is 0.623. The van der Waals surface area contributed by atoms with Crippen LogP contribution in [0.1, 0.15) is 42.3 Å². The maximum atomic E-state index is 12.5. The van der Waals surface area contributed by atoms with Crippen molar-refractivity contribution in [1.29, 1.82) is 0 Å². The SMILES string of the molecule is CCCCOc1noc2c1C(=O)C1C(=O)C=CCC1C2. The van der Waals surface area contributed by atoms with Crippen molar-refractivity contribution in [1.82, 2.24) is 5.16 Å². The molecule has 0 fully saturated rings. The molecule has 0 bridgehead atoms. The highest BCUT2D eigenvalue weighted by atomic mass is 16.5. The number of ether oxygens (including phenoxy) is 1. The van der Waals surface area contributed by atoms with Gasteiger partial charge in [-0.1, -0.05) is 19.4 Å². The molecule has 0 N–H and O–H groups in total. The zero-order valence-corrected chi connectivity index (χ0v) is 11.4. The van der Waals surface area contributed by atoms with E-state index in [0.717, 1.165) is 19.3 Å². The summed E-state index contributed by atoms with van der Waals surface area (Å²) in [6.45, 7) is 2.56. The van der Waals surface area contributed by atoms with E-state index in [9.17, 15) is 9.59 Å². The Kier molecular flexibility index (Phi) is 3.42. The summed E-state index contributed by atoms with van der Waals surface area (Å²) in [4.78, 5) is 24.5. The van der Waals surface area contributed by atoms with Gasteiger partial charge in [-0.05, 0) is 30.0 Å². The molecule has 0 saturated heterocycles. The van der Waals surface area contributed by atoms with Crippen LogP contribution in [0.4, 0.5) is 0 Å². The summed E-state index contributed by atoms with van der Waals surface area (Å²) in [6.07, 6.45) is 6.54. The summed E-state index contributed by atoms with van der Waals surface area (Å²) >= 11 is 0. The average Bonchev–Trinajstić information content (AvgIpc) is 2.83. The molecule has 2 unspecified atom stereocenters. The maximum absolute atomic E-state index is 12.5. The third-order valence-corrected chi connectivity index (χ3v) is 3.94. The second kappa shape index (κ2) is 5.23. The molecule has 1 aromatic heterocycles. The summed E-state index contributed by atoms with van der Waals surface area (Å²) in [5.74, 6) is -0.0783. The summed E-state index contributed by atoms with van der Waals surface area (Å²) in [7, 11) is 0. The van der Waals surface area contributed by atoms with Crippen LogP contribution in [0.25, 0.3) is 0 Å². The second-order valence-corrected chi connectivity index (χ2v) is 5.33. The van der Waals surface area contributed by atoms with Crippen LogP contribution in [-0.2, 0) is 11.2 Å². The molecule has 0 radical (unpaired) electrons. The van der Waals surface area contributed by atoms with Gasteiger partial charge in [0.25, 0.3) is 5.88 Å². The summed E-state index contributed by atoms with van der Waals surface area (Å²) in [5, 5.41) is 3.85. The lowest BCUT2D eigenvalue weighted by Crippen LogP contribution is -2.37. The predicted molar refractivity (Wildman–Crippen MR) is 70.7 cm³/mol. The van der Waals surface area contributed by atoms with Gasteiger partial charge < -0.3 is 9.26 Å². The molecular weight excluding hydrogens is 258 g/mol. The second-order valence-electron chi connectivity index (χ2n) is 5.33. The Morgan fingerprint density at radius 2 is 2.30 bits per heavy atom. The van der Waals surface area contributed by atoms with Gasteiger partial charge in [-0.3, -0.25) is 9.59 Å². The molecule has 0 amide bonds. The standard InChI is InChI=1S/C15H17NO4/c1-2-3-7-19-15-13-11(20-16-15)8-9-5-4-6-10(17)12(9)14(13)18/h4,6,9,12H,2-3,5,7-8H2,1H3. The number of ketones is 2. The summed E-state index contributed by atoms with van der Waals surface area (Å²) in [5.41, 5.74) is 0.381. The van der Waals surface area contributed by atoms with E-state index in [1.807, 2.05) is 6.08 Å². The van der Waals surface area contributed by atoms with Gasteiger partial charge in [0.1, 0.15) is 5.56 Å². The van der Waals surface area contributed by atoms with Crippen molar-refractivity contribution in [3.8, 4) is 5.88 Å². The third-order valence-electron chi connectivity index (χ3n) is 3.94. The minimum atomic E-state index is -0.583. The molecule has 20 heavy (non-hydrogen) atoms. The van der Waals surface area contributed by atoms with Crippen molar-refractivity contribution in [3.05, 3.63) is 23.5 Å². The van der Waals surface area contributed by atoms with E-state index in [1.165, 1.54) is 6.08 Å². The highest BCUT2D eigenvalue weighted by Crippen LogP contribution is 2.39. The molecule has 5 heteroatoms. The van der Waals surface area contributed by atoms with Crippen LogP contribution in [-0.4, -0.2) is 23.3 Å². The number of rotatable bonds is 4. The summed E-state index contributed by atoms with van der Waals surface area (Å²) in [6, 6.07) is 0. The maximum Gasteiger partial charge on any atom is 0.265 e. The fourth-order valence-corrected chi connectivity index (χ4v) is 2.87. The predicted octanol–water partition coefficient (Wildman–Crippen LogP) is 2.35. The van der Waals surface area contributed by atoms with E-state index in [4.69, 9.17) is 9.26 Å². The van der Waals surface area contributed by atoms with Gasteiger partial charge in [-0.15, -0.1) is 0 Å².